The fourth-order valence-corrected chi connectivity index (χ4v) is 4.50. The molecule has 0 radical (unpaired) electrons. The van der Waals surface area contributed by atoms with Crippen molar-refractivity contribution in [3.8, 4) is 0 Å². The van der Waals surface area contributed by atoms with Crippen LogP contribution in [0.5, 0.6) is 0 Å². The number of hydrogen-bond donors (Lipinski definition) is 1. The van der Waals surface area contributed by atoms with E-state index in [9.17, 15) is 4.39 Å². The lowest BCUT2D eigenvalue weighted by Gasteiger charge is -2.39. The molecule has 2 aliphatic rings. The normalized spacial score (nSPS) is 25.7. The average Bonchev–Trinajstić information content (AvgIpc) is 2.55. The third kappa shape index (κ3) is 3.79. The Hall–Kier alpha value is -0.580. The van der Waals surface area contributed by atoms with E-state index in [1.807, 2.05) is 17.8 Å². The van der Waals surface area contributed by atoms with Crippen molar-refractivity contribution >= 4 is 11.8 Å². The van der Waals surface area contributed by atoms with Gasteiger partial charge in [-0.2, -0.15) is 11.8 Å². The highest BCUT2D eigenvalue weighted by Crippen LogP contribution is 2.35. The molecule has 0 spiro atoms. The van der Waals surface area contributed by atoms with Crippen LogP contribution in [0.2, 0.25) is 0 Å². The highest BCUT2D eigenvalue weighted by molar-refractivity contribution is 7.99. The molecule has 2 aliphatic heterocycles. The first kappa shape index (κ1) is 15.3. The number of ether oxygens (including phenoxy) is 1. The number of halogens is 1. The molecule has 1 atom stereocenters. The van der Waals surface area contributed by atoms with Crippen LogP contribution in [-0.2, 0) is 10.2 Å². The first-order valence-corrected chi connectivity index (χ1v) is 9.09. The molecule has 1 aromatic rings. The van der Waals surface area contributed by atoms with Crippen molar-refractivity contribution < 1.29 is 9.13 Å². The van der Waals surface area contributed by atoms with E-state index < -0.39 is 0 Å². The summed E-state index contributed by atoms with van der Waals surface area (Å²) in [7, 11) is 0. The van der Waals surface area contributed by atoms with Gasteiger partial charge in [-0.15, -0.1) is 0 Å². The summed E-state index contributed by atoms with van der Waals surface area (Å²) in [6.45, 7) is 2.49. The predicted octanol–water partition coefficient (Wildman–Crippen LogP) is 3.36. The van der Waals surface area contributed by atoms with Crippen LogP contribution in [-0.4, -0.2) is 37.3 Å². The van der Waals surface area contributed by atoms with E-state index in [1.165, 1.54) is 30.4 Å². The molecular weight excluding hydrogens is 285 g/mol. The highest BCUT2D eigenvalue weighted by atomic mass is 32.2. The lowest BCUT2D eigenvalue weighted by molar-refractivity contribution is 0.0488. The molecular formula is C17H24FNOS. The van der Waals surface area contributed by atoms with Crippen molar-refractivity contribution in [1.29, 1.82) is 0 Å². The van der Waals surface area contributed by atoms with Gasteiger partial charge in [0.25, 0.3) is 0 Å². The summed E-state index contributed by atoms with van der Waals surface area (Å²) in [4.78, 5) is 0. The number of rotatable bonds is 4. The first-order valence-electron chi connectivity index (χ1n) is 7.93. The van der Waals surface area contributed by atoms with E-state index in [1.54, 1.807) is 6.07 Å². The second-order valence-corrected chi connectivity index (χ2v) is 7.35. The van der Waals surface area contributed by atoms with Crippen LogP contribution >= 0.6 is 11.8 Å². The summed E-state index contributed by atoms with van der Waals surface area (Å²) in [5.41, 5.74) is 1.16. The van der Waals surface area contributed by atoms with Gasteiger partial charge < -0.3 is 10.1 Å². The van der Waals surface area contributed by atoms with Crippen LogP contribution in [0.4, 0.5) is 4.39 Å². The topological polar surface area (TPSA) is 21.3 Å². The third-order valence-corrected chi connectivity index (χ3v) is 5.99. The minimum Gasteiger partial charge on any atom is -0.381 e. The summed E-state index contributed by atoms with van der Waals surface area (Å²) < 4.78 is 19.2. The van der Waals surface area contributed by atoms with Gasteiger partial charge in [0.1, 0.15) is 5.82 Å². The predicted molar refractivity (Wildman–Crippen MR) is 86.5 cm³/mol. The number of nitrogens with one attached hydrogen (secondary N) is 1. The molecule has 116 valence electrons. The molecule has 1 aromatic carbocycles. The lowest BCUT2D eigenvalue weighted by atomic mass is 9.74. The van der Waals surface area contributed by atoms with E-state index in [-0.39, 0.29) is 11.2 Å². The molecule has 3 rings (SSSR count). The van der Waals surface area contributed by atoms with Crippen molar-refractivity contribution in [2.24, 2.45) is 0 Å². The summed E-state index contributed by atoms with van der Waals surface area (Å²) in [5.74, 6) is 2.36. The Morgan fingerprint density at radius 1 is 1.33 bits per heavy atom. The quantitative estimate of drug-likeness (QED) is 0.921. The van der Waals surface area contributed by atoms with Gasteiger partial charge in [-0.1, -0.05) is 12.1 Å². The molecule has 0 amide bonds. The first-order chi connectivity index (χ1) is 10.3. The number of hydrogen-bond acceptors (Lipinski definition) is 3. The Morgan fingerprint density at radius 2 is 2.19 bits per heavy atom. The summed E-state index contributed by atoms with van der Waals surface area (Å²) in [6.07, 6.45) is 4.52. The SMILES string of the molecule is Fc1cccc(C2(CNC3CCCSC3)CCOCC2)c1. The monoisotopic (exact) mass is 309 g/mol. The van der Waals surface area contributed by atoms with Crippen molar-refractivity contribution in [3.63, 3.8) is 0 Å². The summed E-state index contributed by atoms with van der Waals surface area (Å²) in [6, 6.07) is 7.76. The minimum absolute atomic E-state index is 0.0302. The molecule has 0 saturated carbocycles. The molecule has 2 fully saturated rings. The fourth-order valence-electron chi connectivity index (χ4n) is 3.39. The fraction of sp³-hybridized carbons (Fsp3) is 0.647. The van der Waals surface area contributed by atoms with Gasteiger partial charge in [0.05, 0.1) is 0 Å². The van der Waals surface area contributed by atoms with Crippen molar-refractivity contribution in [2.45, 2.75) is 37.1 Å². The van der Waals surface area contributed by atoms with E-state index in [0.29, 0.717) is 6.04 Å². The molecule has 1 N–H and O–H groups in total. The number of benzene rings is 1. The second-order valence-electron chi connectivity index (χ2n) is 6.20. The van der Waals surface area contributed by atoms with Gasteiger partial charge in [-0.05, 0) is 49.1 Å². The molecule has 2 heterocycles. The molecule has 4 heteroatoms. The van der Waals surface area contributed by atoms with Crippen LogP contribution < -0.4 is 5.32 Å². The molecule has 2 saturated heterocycles. The highest BCUT2D eigenvalue weighted by Gasteiger charge is 2.35. The molecule has 1 unspecified atom stereocenters. The van der Waals surface area contributed by atoms with Gasteiger partial charge in [0.2, 0.25) is 0 Å². The number of thioether (sulfide) groups is 1. The Kier molecular flexibility index (Phi) is 5.19. The van der Waals surface area contributed by atoms with E-state index >= 15 is 0 Å². The van der Waals surface area contributed by atoms with Crippen LogP contribution in [0.1, 0.15) is 31.2 Å². The minimum atomic E-state index is -0.133. The largest absolute Gasteiger partial charge is 0.381 e. The third-order valence-electron chi connectivity index (χ3n) is 4.78. The van der Waals surface area contributed by atoms with Gasteiger partial charge in [-0.25, -0.2) is 4.39 Å². The van der Waals surface area contributed by atoms with Gasteiger partial charge >= 0.3 is 0 Å². The Labute approximate surface area is 130 Å². The van der Waals surface area contributed by atoms with E-state index in [4.69, 9.17) is 4.74 Å². The second kappa shape index (κ2) is 7.12. The van der Waals surface area contributed by atoms with Crippen molar-refractivity contribution in [3.05, 3.63) is 35.6 Å². The molecule has 2 nitrogen and oxygen atoms in total. The maximum Gasteiger partial charge on any atom is 0.123 e. The zero-order valence-electron chi connectivity index (χ0n) is 12.4. The van der Waals surface area contributed by atoms with E-state index in [2.05, 4.69) is 11.4 Å². The molecule has 0 bridgehead atoms. The van der Waals surface area contributed by atoms with Crippen molar-refractivity contribution in [1.82, 2.24) is 5.32 Å². The average molecular weight is 309 g/mol. The smallest absolute Gasteiger partial charge is 0.123 e. The zero-order valence-corrected chi connectivity index (χ0v) is 13.3. The van der Waals surface area contributed by atoms with Gasteiger partial charge in [0, 0.05) is 37.0 Å². The van der Waals surface area contributed by atoms with Crippen molar-refractivity contribution in [2.75, 3.05) is 31.3 Å². The standard InChI is InChI=1S/C17H24FNOS/c18-15-4-1-3-14(11-15)17(6-8-20-9-7-17)13-19-16-5-2-10-21-12-16/h1,3-4,11,16,19H,2,5-10,12-13H2. The van der Waals surface area contributed by atoms with Crippen LogP contribution in [0.25, 0.3) is 0 Å². The Balaban J connectivity index is 1.73. The summed E-state index contributed by atoms with van der Waals surface area (Å²) >= 11 is 2.04. The molecule has 0 aliphatic carbocycles. The Morgan fingerprint density at radius 3 is 2.90 bits per heavy atom. The van der Waals surface area contributed by atoms with Gasteiger partial charge in [0.15, 0.2) is 0 Å². The Bertz CT molecular complexity index is 456. The summed E-state index contributed by atoms with van der Waals surface area (Å²) in [5, 5.41) is 3.75. The molecule has 0 aromatic heterocycles. The van der Waals surface area contributed by atoms with Crippen LogP contribution in [0.15, 0.2) is 24.3 Å². The van der Waals surface area contributed by atoms with Crippen LogP contribution in [0.3, 0.4) is 0 Å². The maximum absolute atomic E-state index is 13.6. The van der Waals surface area contributed by atoms with Gasteiger partial charge in [-0.3, -0.25) is 0 Å². The zero-order chi connectivity index (χ0) is 14.5. The maximum atomic E-state index is 13.6. The van der Waals surface area contributed by atoms with Crippen LogP contribution in [0, 0.1) is 5.82 Å². The van der Waals surface area contributed by atoms with E-state index in [0.717, 1.165) is 38.2 Å². The molecule has 21 heavy (non-hydrogen) atoms. The lowest BCUT2D eigenvalue weighted by Crippen LogP contribution is -2.47.